The fourth-order valence-electron chi connectivity index (χ4n) is 0.845. The summed E-state index contributed by atoms with van der Waals surface area (Å²) in [7, 11) is 3.92. The number of halogens is 2. The van der Waals surface area contributed by atoms with E-state index in [1.165, 1.54) is 5.57 Å². The Morgan fingerprint density at radius 3 is 2.71 bits per heavy atom. The summed E-state index contributed by atoms with van der Waals surface area (Å²) in [5.41, 5.74) is 1.24. The highest BCUT2D eigenvalue weighted by Gasteiger charge is 2.08. The van der Waals surface area contributed by atoms with E-state index in [0.29, 0.717) is 5.15 Å². The van der Waals surface area contributed by atoms with Crippen LogP contribution in [0.4, 0.5) is 5.13 Å². The molecule has 0 radical (unpaired) electrons. The van der Waals surface area contributed by atoms with Crippen molar-refractivity contribution in [3.8, 4) is 0 Å². The summed E-state index contributed by atoms with van der Waals surface area (Å²) >= 11 is 11.0. The molecule has 0 aliphatic rings. The van der Waals surface area contributed by atoms with E-state index in [1.807, 2.05) is 19.0 Å². The molecule has 1 heterocycles. The average molecular weight is 296 g/mol. The molecule has 0 fully saturated rings. The van der Waals surface area contributed by atoms with Crippen LogP contribution in [-0.4, -0.2) is 24.4 Å². The van der Waals surface area contributed by atoms with Crippen molar-refractivity contribution in [1.82, 2.24) is 4.98 Å². The number of allylic oxidation sites excluding steroid dienone is 1. The van der Waals surface area contributed by atoms with Crippen LogP contribution in [0.5, 0.6) is 0 Å². The molecule has 0 saturated heterocycles. The van der Waals surface area contributed by atoms with Gasteiger partial charge in [0.2, 0.25) is 0 Å². The molecule has 1 rings (SSSR count). The van der Waals surface area contributed by atoms with Crippen molar-refractivity contribution in [3.05, 3.63) is 15.6 Å². The van der Waals surface area contributed by atoms with E-state index in [1.54, 1.807) is 11.3 Å². The third-order valence-corrected chi connectivity index (χ3v) is 4.02. The van der Waals surface area contributed by atoms with Crippen LogP contribution in [0.25, 0.3) is 6.08 Å². The lowest BCUT2D eigenvalue weighted by atomic mass is 10.3. The quantitative estimate of drug-likeness (QED) is 0.791. The topological polar surface area (TPSA) is 16.1 Å². The Hall–Kier alpha value is -0.0600. The van der Waals surface area contributed by atoms with Gasteiger partial charge >= 0.3 is 0 Å². The Morgan fingerprint density at radius 2 is 2.29 bits per heavy atom. The minimum Gasteiger partial charge on any atom is -0.354 e. The fourth-order valence-corrected chi connectivity index (χ4v) is 2.21. The summed E-state index contributed by atoms with van der Waals surface area (Å²) < 4.78 is 0. The van der Waals surface area contributed by atoms with E-state index in [9.17, 15) is 0 Å². The summed E-state index contributed by atoms with van der Waals surface area (Å²) in [6, 6.07) is 0. The molecule has 78 valence electrons. The standard InChI is InChI=1S/C9H12BrClN2S/c1-6(5-10)4-7-8(11)12-9(14-7)13(2)3/h4H,5H2,1-3H3. The number of anilines is 1. The molecule has 0 aromatic carbocycles. The summed E-state index contributed by atoms with van der Waals surface area (Å²) in [5, 5.41) is 2.38. The molecule has 0 saturated carbocycles. The zero-order valence-electron chi connectivity index (χ0n) is 8.34. The first kappa shape index (κ1) is 12.0. The van der Waals surface area contributed by atoms with Crippen LogP contribution < -0.4 is 4.90 Å². The zero-order valence-corrected chi connectivity index (χ0v) is 11.5. The summed E-state index contributed by atoms with van der Waals surface area (Å²) in [4.78, 5) is 7.22. The van der Waals surface area contributed by atoms with Crippen LogP contribution in [0.15, 0.2) is 5.57 Å². The Kier molecular flexibility index (Phi) is 4.41. The lowest BCUT2D eigenvalue weighted by Gasteiger charge is -2.04. The maximum Gasteiger partial charge on any atom is 0.186 e. The highest BCUT2D eigenvalue weighted by Crippen LogP contribution is 2.30. The van der Waals surface area contributed by atoms with Crippen LogP contribution in [0.1, 0.15) is 11.8 Å². The number of rotatable bonds is 3. The number of thiazole rings is 1. The predicted molar refractivity (Wildman–Crippen MR) is 68.9 cm³/mol. The van der Waals surface area contributed by atoms with Gasteiger partial charge in [0.05, 0.1) is 4.88 Å². The first-order valence-electron chi connectivity index (χ1n) is 4.11. The number of aromatic nitrogens is 1. The molecular formula is C9H12BrClN2S. The fraction of sp³-hybridized carbons (Fsp3) is 0.444. The number of hydrogen-bond acceptors (Lipinski definition) is 3. The van der Waals surface area contributed by atoms with Crippen molar-refractivity contribution in [2.24, 2.45) is 0 Å². The molecule has 1 aromatic rings. The van der Waals surface area contributed by atoms with Gasteiger partial charge < -0.3 is 4.90 Å². The summed E-state index contributed by atoms with van der Waals surface area (Å²) in [6.45, 7) is 2.06. The van der Waals surface area contributed by atoms with Crippen LogP contribution in [0, 0.1) is 0 Å². The van der Waals surface area contributed by atoms with Crippen molar-refractivity contribution < 1.29 is 0 Å². The molecule has 2 nitrogen and oxygen atoms in total. The number of hydrogen-bond donors (Lipinski definition) is 0. The van der Waals surface area contributed by atoms with Gasteiger partial charge in [-0.2, -0.15) is 0 Å². The second-order valence-electron chi connectivity index (χ2n) is 3.17. The third kappa shape index (κ3) is 2.97. The molecule has 0 spiro atoms. The number of nitrogens with zero attached hydrogens (tertiary/aromatic N) is 2. The maximum absolute atomic E-state index is 6.00. The SMILES string of the molecule is CC(=Cc1sc(N(C)C)nc1Cl)CBr. The van der Waals surface area contributed by atoms with E-state index >= 15 is 0 Å². The maximum atomic E-state index is 6.00. The lowest BCUT2D eigenvalue weighted by molar-refractivity contribution is 1.10. The Balaban J connectivity index is 2.99. The third-order valence-electron chi connectivity index (χ3n) is 1.57. The van der Waals surface area contributed by atoms with E-state index in [-0.39, 0.29) is 0 Å². The second kappa shape index (κ2) is 5.14. The van der Waals surface area contributed by atoms with E-state index in [0.717, 1.165) is 15.3 Å². The number of alkyl halides is 1. The molecule has 5 heteroatoms. The monoisotopic (exact) mass is 294 g/mol. The molecule has 1 aromatic heterocycles. The molecule has 0 unspecified atom stereocenters. The Morgan fingerprint density at radius 1 is 1.64 bits per heavy atom. The van der Waals surface area contributed by atoms with Crippen LogP contribution in [0.3, 0.4) is 0 Å². The highest BCUT2D eigenvalue weighted by atomic mass is 79.9. The Labute approximate surface area is 102 Å². The van der Waals surface area contributed by atoms with Gasteiger partial charge in [0.25, 0.3) is 0 Å². The van der Waals surface area contributed by atoms with Crippen LogP contribution in [-0.2, 0) is 0 Å². The van der Waals surface area contributed by atoms with E-state index in [4.69, 9.17) is 11.6 Å². The minimum atomic E-state index is 0.582. The van der Waals surface area contributed by atoms with Gasteiger partial charge in [-0.15, -0.1) is 0 Å². The lowest BCUT2D eigenvalue weighted by Crippen LogP contribution is -2.07. The molecule has 0 atom stereocenters. The minimum absolute atomic E-state index is 0.582. The van der Waals surface area contributed by atoms with Gasteiger partial charge in [-0.25, -0.2) is 4.98 Å². The van der Waals surface area contributed by atoms with Gasteiger partial charge in [-0.3, -0.25) is 0 Å². The van der Waals surface area contributed by atoms with Gasteiger partial charge in [0.15, 0.2) is 5.13 Å². The van der Waals surface area contributed by atoms with Crippen molar-refractivity contribution >= 4 is 50.1 Å². The Bertz CT molecular complexity index is 347. The van der Waals surface area contributed by atoms with Crippen LogP contribution in [0.2, 0.25) is 5.15 Å². The molecule has 0 aliphatic heterocycles. The van der Waals surface area contributed by atoms with Gasteiger partial charge in [-0.1, -0.05) is 44.4 Å². The zero-order chi connectivity index (χ0) is 10.7. The second-order valence-corrected chi connectivity index (χ2v) is 5.10. The van der Waals surface area contributed by atoms with Crippen molar-refractivity contribution in [1.29, 1.82) is 0 Å². The molecule has 0 bridgehead atoms. The normalized spacial score (nSPS) is 11.9. The van der Waals surface area contributed by atoms with Gasteiger partial charge in [-0.05, 0) is 13.0 Å². The van der Waals surface area contributed by atoms with Crippen molar-refractivity contribution in [2.45, 2.75) is 6.92 Å². The largest absolute Gasteiger partial charge is 0.354 e. The highest BCUT2D eigenvalue weighted by molar-refractivity contribution is 9.09. The van der Waals surface area contributed by atoms with E-state index in [2.05, 4.69) is 33.9 Å². The van der Waals surface area contributed by atoms with Crippen LogP contribution >= 0.6 is 38.9 Å². The first-order chi connectivity index (χ1) is 6.54. The van der Waals surface area contributed by atoms with Gasteiger partial charge in [0.1, 0.15) is 5.15 Å². The summed E-state index contributed by atoms with van der Waals surface area (Å²) in [6.07, 6.45) is 2.06. The van der Waals surface area contributed by atoms with Crippen molar-refractivity contribution in [2.75, 3.05) is 24.3 Å². The molecule has 0 aliphatic carbocycles. The van der Waals surface area contributed by atoms with E-state index < -0.39 is 0 Å². The molecule has 14 heavy (non-hydrogen) atoms. The first-order valence-corrected chi connectivity index (χ1v) is 6.43. The molecular weight excluding hydrogens is 284 g/mol. The smallest absolute Gasteiger partial charge is 0.186 e. The molecule has 0 amide bonds. The van der Waals surface area contributed by atoms with Crippen molar-refractivity contribution in [3.63, 3.8) is 0 Å². The predicted octanol–water partition coefficient (Wildman–Crippen LogP) is 3.66. The molecule has 0 N–H and O–H groups in total. The average Bonchev–Trinajstić information content (AvgIpc) is 2.48. The summed E-state index contributed by atoms with van der Waals surface area (Å²) in [5.74, 6) is 0. The van der Waals surface area contributed by atoms with Gasteiger partial charge in [0, 0.05) is 19.4 Å².